The van der Waals surface area contributed by atoms with Gasteiger partial charge in [-0.3, -0.25) is 0 Å². The average molecular weight is 408 g/mol. The van der Waals surface area contributed by atoms with Gasteiger partial charge in [-0.15, -0.1) is 0 Å². The summed E-state index contributed by atoms with van der Waals surface area (Å²) >= 11 is 0. The molecule has 1 N–H and O–H groups in total. The third kappa shape index (κ3) is 3.00. The fourth-order valence-electron chi connectivity index (χ4n) is 3.93. The third-order valence-corrected chi connectivity index (χ3v) is 8.21. The largest absolute Gasteiger partial charge is 0.390 e. The van der Waals surface area contributed by atoms with Crippen molar-refractivity contribution in [2.24, 2.45) is 0 Å². The van der Waals surface area contributed by atoms with Gasteiger partial charge in [-0.25, -0.2) is 17.2 Å². The lowest BCUT2D eigenvalue weighted by Gasteiger charge is -2.23. The molecule has 5 nitrogen and oxygen atoms in total. The van der Waals surface area contributed by atoms with E-state index >= 15 is 0 Å². The van der Waals surface area contributed by atoms with Gasteiger partial charge in [0.2, 0.25) is 10.0 Å². The van der Waals surface area contributed by atoms with Crippen LogP contribution in [0.15, 0.2) is 36.4 Å². The van der Waals surface area contributed by atoms with Crippen molar-refractivity contribution in [1.82, 2.24) is 8.87 Å². The van der Waals surface area contributed by atoms with Crippen molar-refractivity contribution in [1.29, 1.82) is 0 Å². The van der Waals surface area contributed by atoms with Crippen LogP contribution < -0.4 is 0 Å². The van der Waals surface area contributed by atoms with Crippen molar-refractivity contribution in [3.63, 3.8) is 0 Å². The quantitative estimate of drug-likeness (QED) is 0.721. The van der Waals surface area contributed by atoms with Crippen molar-refractivity contribution in [3.05, 3.63) is 48.0 Å². The molecule has 3 aromatic rings. The van der Waals surface area contributed by atoms with E-state index in [1.165, 1.54) is 28.6 Å². The summed E-state index contributed by atoms with van der Waals surface area (Å²) in [4.78, 5) is 0. The second kappa shape index (κ2) is 6.50. The molecule has 0 aliphatic carbocycles. The monoisotopic (exact) mass is 408 g/mol. The van der Waals surface area contributed by atoms with Crippen LogP contribution in [0.1, 0.15) is 20.3 Å². The Morgan fingerprint density at radius 1 is 1.04 bits per heavy atom. The van der Waals surface area contributed by atoms with Gasteiger partial charge in [0.15, 0.2) is 0 Å². The first kappa shape index (κ1) is 19.3. The second-order valence-electron chi connectivity index (χ2n) is 7.96. The highest BCUT2D eigenvalue weighted by Gasteiger charge is 2.45. The lowest BCUT2D eigenvalue weighted by Crippen LogP contribution is -2.40. The molecule has 0 radical (unpaired) electrons. The molecule has 28 heavy (non-hydrogen) atoms. The molecule has 1 aliphatic rings. The maximum Gasteiger partial charge on any atom is 0.219 e. The van der Waals surface area contributed by atoms with Crippen molar-refractivity contribution >= 4 is 31.8 Å². The summed E-state index contributed by atoms with van der Waals surface area (Å²) in [5, 5.41) is 11.7. The maximum absolute atomic E-state index is 13.7. The summed E-state index contributed by atoms with van der Waals surface area (Å²) in [5.74, 6) is -0.858. The van der Waals surface area contributed by atoms with Crippen LogP contribution in [0.3, 0.4) is 0 Å². The van der Waals surface area contributed by atoms with Gasteiger partial charge in [0.1, 0.15) is 11.6 Å². The van der Waals surface area contributed by atoms with Gasteiger partial charge in [-0.05, 0) is 56.7 Å². The van der Waals surface area contributed by atoms with E-state index in [1.807, 2.05) is 0 Å². The van der Waals surface area contributed by atoms with Crippen LogP contribution in [0, 0.1) is 11.6 Å². The maximum atomic E-state index is 13.7. The van der Waals surface area contributed by atoms with E-state index in [0.29, 0.717) is 34.8 Å². The van der Waals surface area contributed by atoms with Gasteiger partial charge in [-0.1, -0.05) is 0 Å². The predicted molar refractivity (Wildman–Crippen MR) is 105 cm³/mol. The first-order valence-electron chi connectivity index (χ1n) is 9.15. The van der Waals surface area contributed by atoms with Gasteiger partial charge in [-0.2, -0.15) is 4.31 Å². The highest BCUT2D eigenvalue weighted by atomic mass is 32.2. The molecule has 1 unspecified atom stereocenters. The molecule has 2 aromatic carbocycles. The van der Waals surface area contributed by atoms with Crippen LogP contribution in [0.25, 0.3) is 21.8 Å². The summed E-state index contributed by atoms with van der Waals surface area (Å²) in [6.45, 7) is 3.84. The Balaban J connectivity index is 1.69. The summed E-state index contributed by atoms with van der Waals surface area (Å²) in [6, 6.07) is 8.48. The number of sulfonamides is 1. The molecule has 2 heterocycles. The number of nitrogens with zero attached hydrogens (tertiary/aromatic N) is 2. The molecule has 0 spiro atoms. The zero-order valence-corrected chi connectivity index (χ0v) is 16.5. The summed E-state index contributed by atoms with van der Waals surface area (Å²) in [6.07, 6.45) is -0.451. The Kier molecular flexibility index (Phi) is 4.48. The molecule has 4 rings (SSSR count). The number of fused-ring (bicyclic) bond motifs is 3. The molecule has 0 saturated carbocycles. The highest BCUT2D eigenvalue weighted by Crippen LogP contribution is 2.33. The Morgan fingerprint density at radius 2 is 1.57 bits per heavy atom. The van der Waals surface area contributed by atoms with E-state index in [0.717, 1.165) is 0 Å². The number of aromatic nitrogens is 1. The molecule has 8 heteroatoms. The zero-order chi connectivity index (χ0) is 20.3. The lowest BCUT2D eigenvalue weighted by molar-refractivity contribution is 0.133. The van der Waals surface area contributed by atoms with Crippen molar-refractivity contribution in [2.45, 2.75) is 37.7 Å². The number of aliphatic hydroxyl groups excluding tert-OH is 1. The van der Waals surface area contributed by atoms with Crippen LogP contribution in [-0.2, 0) is 16.6 Å². The molecule has 1 fully saturated rings. The van der Waals surface area contributed by atoms with Crippen LogP contribution in [-0.4, -0.2) is 46.3 Å². The minimum atomic E-state index is -3.47. The number of halogens is 2. The molecule has 0 bridgehead atoms. The SMILES string of the molecule is CC1(C)CCN(CC(O)Cn2c3ccc(F)cc3c3cc(F)ccc32)S1(=O)=O. The minimum absolute atomic E-state index is 0.0185. The standard InChI is InChI=1S/C20H22F2N2O3S/c1-20(2)7-8-23(28(20,26)27)11-15(25)12-24-18-5-3-13(21)9-16(18)17-10-14(22)4-6-19(17)24/h3-6,9-10,15,25H,7-8,11-12H2,1-2H3. The van der Waals surface area contributed by atoms with Crippen LogP contribution >= 0.6 is 0 Å². The van der Waals surface area contributed by atoms with Gasteiger partial charge in [0.05, 0.1) is 17.4 Å². The first-order chi connectivity index (χ1) is 13.1. The fraction of sp³-hybridized carbons (Fsp3) is 0.400. The predicted octanol–water partition coefficient (Wildman–Crippen LogP) is 3.25. The summed E-state index contributed by atoms with van der Waals surface area (Å²) in [7, 11) is -3.47. The number of benzene rings is 2. The third-order valence-electron chi connectivity index (χ3n) is 5.60. The summed E-state index contributed by atoms with van der Waals surface area (Å²) < 4.78 is 54.9. The Hall–Kier alpha value is -2.03. The number of β-amino-alcohol motifs (C(OH)–C–C–N with tert-alkyl or cyclic N) is 1. The molecule has 1 saturated heterocycles. The van der Waals surface area contributed by atoms with Gasteiger partial charge >= 0.3 is 0 Å². The first-order valence-corrected chi connectivity index (χ1v) is 10.6. The highest BCUT2D eigenvalue weighted by molar-refractivity contribution is 7.90. The van der Waals surface area contributed by atoms with Gasteiger partial charge < -0.3 is 9.67 Å². The number of aliphatic hydroxyl groups is 1. The topological polar surface area (TPSA) is 62.5 Å². The van der Waals surface area contributed by atoms with E-state index in [2.05, 4.69) is 0 Å². The van der Waals surface area contributed by atoms with Crippen LogP contribution in [0.2, 0.25) is 0 Å². The van der Waals surface area contributed by atoms with Gasteiger partial charge in [0.25, 0.3) is 0 Å². The second-order valence-corrected chi connectivity index (χ2v) is 10.5. The van der Waals surface area contributed by atoms with E-state index in [-0.39, 0.29) is 13.1 Å². The molecular formula is C20H22F2N2O3S. The molecule has 1 atom stereocenters. The molecule has 0 amide bonds. The molecule has 1 aliphatic heterocycles. The van der Waals surface area contributed by atoms with Crippen LogP contribution in [0.4, 0.5) is 8.78 Å². The zero-order valence-electron chi connectivity index (χ0n) is 15.7. The Bertz CT molecular complexity index is 1110. The van der Waals surface area contributed by atoms with Crippen LogP contribution in [0.5, 0.6) is 0 Å². The van der Waals surface area contributed by atoms with Crippen molar-refractivity contribution < 1.29 is 22.3 Å². The smallest absolute Gasteiger partial charge is 0.219 e. The number of rotatable bonds is 4. The summed E-state index contributed by atoms with van der Waals surface area (Å²) in [5.41, 5.74) is 1.32. The van der Waals surface area contributed by atoms with Crippen molar-refractivity contribution in [2.75, 3.05) is 13.1 Å². The minimum Gasteiger partial charge on any atom is -0.390 e. The lowest BCUT2D eigenvalue weighted by atomic mass is 10.1. The van der Waals surface area contributed by atoms with E-state index < -0.39 is 32.5 Å². The average Bonchev–Trinajstić information content (AvgIpc) is 3.00. The van der Waals surface area contributed by atoms with E-state index in [9.17, 15) is 22.3 Å². The number of hydrogen-bond donors (Lipinski definition) is 1. The molecule has 1 aromatic heterocycles. The fourth-order valence-corrected chi connectivity index (χ4v) is 5.68. The number of hydrogen-bond acceptors (Lipinski definition) is 3. The Morgan fingerprint density at radius 3 is 2.04 bits per heavy atom. The normalized spacial score (nSPS) is 20.2. The van der Waals surface area contributed by atoms with E-state index in [1.54, 1.807) is 30.5 Å². The Labute approximate surface area is 162 Å². The molecular weight excluding hydrogens is 386 g/mol. The van der Waals surface area contributed by atoms with Gasteiger partial charge in [0, 0.05) is 34.9 Å². The molecule has 150 valence electrons. The van der Waals surface area contributed by atoms with E-state index in [4.69, 9.17) is 0 Å². The van der Waals surface area contributed by atoms with Crippen molar-refractivity contribution in [3.8, 4) is 0 Å².